The molecule has 0 aromatic carbocycles. The molecule has 1 heterocycles. The van der Waals surface area contributed by atoms with Crippen molar-refractivity contribution in [1.82, 2.24) is 5.32 Å². The van der Waals surface area contributed by atoms with E-state index in [1.54, 1.807) is 0 Å². The van der Waals surface area contributed by atoms with Gasteiger partial charge in [0.05, 0.1) is 6.10 Å². The van der Waals surface area contributed by atoms with E-state index in [-0.39, 0.29) is 6.29 Å². The van der Waals surface area contributed by atoms with E-state index < -0.39 is 0 Å². The smallest absolute Gasteiger partial charge is 0.170 e. The first-order valence-electron chi connectivity index (χ1n) is 3.86. The lowest BCUT2D eigenvalue weighted by atomic mass is 10.0. The van der Waals surface area contributed by atoms with Gasteiger partial charge < -0.3 is 10.1 Å². The van der Waals surface area contributed by atoms with Gasteiger partial charge in [-0.1, -0.05) is 0 Å². The molecule has 0 bridgehead atoms. The van der Waals surface area contributed by atoms with Gasteiger partial charge in [-0.2, -0.15) is 0 Å². The van der Waals surface area contributed by atoms with Crippen LogP contribution in [-0.4, -0.2) is 25.5 Å². The van der Waals surface area contributed by atoms with Crippen LogP contribution in [0.2, 0.25) is 0 Å². The predicted molar refractivity (Wildman–Crippen MR) is 51.5 cm³/mol. The van der Waals surface area contributed by atoms with Gasteiger partial charge in [-0.05, 0) is 20.4 Å². The Balaban J connectivity index is 2.37. The largest absolute Gasteiger partial charge is 0.349 e. The minimum atomic E-state index is -0.0307. The molecule has 1 aliphatic heterocycles. The highest BCUT2D eigenvalue weighted by molar-refractivity contribution is 14.1. The normalized spacial score (nSPS) is 39.0. The molecule has 0 spiro atoms. The minimum absolute atomic E-state index is 0.0307. The van der Waals surface area contributed by atoms with Crippen LogP contribution in [0.5, 0.6) is 0 Å². The summed E-state index contributed by atoms with van der Waals surface area (Å²) in [7, 11) is 1.98. The van der Waals surface area contributed by atoms with Gasteiger partial charge in [0.2, 0.25) is 0 Å². The molecule has 0 aliphatic carbocycles. The Morgan fingerprint density at radius 1 is 1.55 bits per heavy atom. The number of hydrogen-bond donors (Lipinski definition) is 1. The Bertz CT molecular complexity index is 111. The Morgan fingerprint density at radius 2 is 2.27 bits per heavy atom. The maximum atomic E-state index is 5.50. The topological polar surface area (TPSA) is 30.5 Å². The molecule has 1 aliphatic rings. The van der Waals surface area contributed by atoms with E-state index in [4.69, 9.17) is 7.80 Å². The van der Waals surface area contributed by atoms with E-state index in [2.05, 4.69) is 12.2 Å². The lowest BCUT2D eigenvalue weighted by Gasteiger charge is -2.31. The molecule has 3 atom stereocenters. The summed E-state index contributed by atoms with van der Waals surface area (Å²) in [4.78, 5) is 0. The van der Waals surface area contributed by atoms with Crippen molar-refractivity contribution < 1.29 is 7.80 Å². The first kappa shape index (κ1) is 9.70. The molecule has 0 saturated carbocycles. The molecule has 4 heteroatoms. The first-order chi connectivity index (χ1) is 5.26. The highest BCUT2D eigenvalue weighted by atomic mass is 127. The summed E-state index contributed by atoms with van der Waals surface area (Å²) in [6.45, 7) is 2.08. The van der Waals surface area contributed by atoms with E-state index in [0.29, 0.717) is 12.1 Å². The summed E-state index contributed by atoms with van der Waals surface area (Å²) in [5.74, 6) is 0. The van der Waals surface area contributed by atoms with Crippen LogP contribution in [0, 0.1) is 0 Å². The standard InChI is InChI=1S/C7H14INO2/c1-5-3-6(9-2)4-7(10-5)11-8/h5-7,9H,3-4H2,1-2H3/t5-,6+,7+/m1/s1. The number of ether oxygens (including phenoxy) is 1. The number of nitrogens with one attached hydrogen (secondary N) is 1. The van der Waals surface area contributed by atoms with Gasteiger partial charge in [0.15, 0.2) is 6.29 Å². The van der Waals surface area contributed by atoms with Crippen molar-refractivity contribution in [3.8, 4) is 0 Å². The number of hydrogen-bond acceptors (Lipinski definition) is 3. The van der Waals surface area contributed by atoms with Gasteiger partial charge in [-0.3, -0.25) is 3.07 Å². The summed E-state index contributed by atoms with van der Waals surface area (Å²) in [5.41, 5.74) is 0. The van der Waals surface area contributed by atoms with Crippen LogP contribution >= 0.6 is 23.0 Å². The molecule has 0 amide bonds. The molecule has 1 fully saturated rings. The van der Waals surface area contributed by atoms with Crippen LogP contribution < -0.4 is 5.32 Å². The monoisotopic (exact) mass is 271 g/mol. The third-order valence-electron chi connectivity index (χ3n) is 1.99. The minimum Gasteiger partial charge on any atom is -0.349 e. The summed E-state index contributed by atoms with van der Waals surface area (Å²) in [5, 5.41) is 3.24. The second-order valence-electron chi connectivity index (χ2n) is 2.92. The Morgan fingerprint density at radius 3 is 2.82 bits per heavy atom. The molecule has 0 unspecified atom stereocenters. The van der Waals surface area contributed by atoms with E-state index in [0.717, 1.165) is 12.8 Å². The van der Waals surface area contributed by atoms with Crippen LogP contribution in [0.15, 0.2) is 0 Å². The molecule has 1 N–H and O–H groups in total. The summed E-state index contributed by atoms with van der Waals surface area (Å²) >= 11 is 1.89. The second kappa shape index (κ2) is 4.59. The summed E-state index contributed by atoms with van der Waals surface area (Å²) < 4.78 is 10.6. The average Bonchev–Trinajstić information content (AvgIpc) is 2.03. The molecular formula is C7H14INO2. The number of rotatable bonds is 2. The highest BCUT2D eigenvalue weighted by Gasteiger charge is 2.25. The van der Waals surface area contributed by atoms with E-state index in [1.165, 1.54) is 0 Å². The van der Waals surface area contributed by atoms with Gasteiger partial charge in [-0.15, -0.1) is 0 Å². The molecule has 11 heavy (non-hydrogen) atoms. The molecule has 1 saturated heterocycles. The Hall–Kier alpha value is 0.610. The molecule has 66 valence electrons. The third-order valence-corrected chi connectivity index (χ3v) is 2.55. The average molecular weight is 271 g/mol. The number of halogens is 1. The second-order valence-corrected chi connectivity index (χ2v) is 3.43. The molecule has 0 aromatic heterocycles. The SMILES string of the molecule is CN[C@@H]1C[C@H](OI)O[C@H](C)C1. The van der Waals surface area contributed by atoms with Crippen molar-refractivity contribution in [3.05, 3.63) is 0 Å². The van der Waals surface area contributed by atoms with Gasteiger partial charge in [0.1, 0.15) is 23.0 Å². The fourth-order valence-electron chi connectivity index (χ4n) is 1.39. The fraction of sp³-hybridized carbons (Fsp3) is 1.00. The van der Waals surface area contributed by atoms with Gasteiger partial charge in [-0.25, -0.2) is 0 Å². The molecular weight excluding hydrogens is 257 g/mol. The fourth-order valence-corrected chi connectivity index (χ4v) is 1.72. The van der Waals surface area contributed by atoms with Crippen molar-refractivity contribution in [2.75, 3.05) is 7.05 Å². The van der Waals surface area contributed by atoms with E-state index in [9.17, 15) is 0 Å². The molecule has 0 aromatic rings. The third kappa shape index (κ3) is 2.85. The zero-order valence-electron chi connectivity index (χ0n) is 6.84. The lowest BCUT2D eigenvalue weighted by Crippen LogP contribution is -2.40. The predicted octanol–water partition coefficient (Wildman–Crippen LogP) is 1.47. The quantitative estimate of drug-likeness (QED) is 0.771. The van der Waals surface area contributed by atoms with Crippen molar-refractivity contribution >= 4 is 23.0 Å². The zero-order valence-corrected chi connectivity index (χ0v) is 9.00. The van der Waals surface area contributed by atoms with Gasteiger partial charge >= 0.3 is 0 Å². The van der Waals surface area contributed by atoms with E-state index in [1.807, 2.05) is 30.1 Å². The van der Waals surface area contributed by atoms with Crippen LogP contribution in [0.3, 0.4) is 0 Å². The van der Waals surface area contributed by atoms with Gasteiger partial charge in [0.25, 0.3) is 0 Å². The zero-order chi connectivity index (χ0) is 8.27. The van der Waals surface area contributed by atoms with Crippen LogP contribution in [0.1, 0.15) is 19.8 Å². The van der Waals surface area contributed by atoms with E-state index >= 15 is 0 Å². The van der Waals surface area contributed by atoms with Crippen LogP contribution in [0.4, 0.5) is 0 Å². The van der Waals surface area contributed by atoms with Crippen molar-refractivity contribution in [3.63, 3.8) is 0 Å². The molecule has 1 rings (SSSR count). The summed E-state index contributed by atoms with van der Waals surface area (Å²) in [6, 6.07) is 0.540. The summed E-state index contributed by atoms with van der Waals surface area (Å²) in [6.07, 6.45) is 2.30. The lowest BCUT2D eigenvalue weighted by molar-refractivity contribution is -0.130. The van der Waals surface area contributed by atoms with Crippen molar-refractivity contribution in [2.24, 2.45) is 0 Å². The first-order valence-corrected chi connectivity index (χ1v) is 4.74. The molecule has 3 nitrogen and oxygen atoms in total. The van der Waals surface area contributed by atoms with Crippen molar-refractivity contribution in [1.29, 1.82) is 0 Å². The maximum absolute atomic E-state index is 5.50. The van der Waals surface area contributed by atoms with Crippen LogP contribution in [-0.2, 0) is 7.80 Å². The highest BCUT2D eigenvalue weighted by Crippen LogP contribution is 2.21. The maximum Gasteiger partial charge on any atom is 0.170 e. The Labute approximate surface area is 81.5 Å². The molecule has 0 radical (unpaired) electrons. The van der Waals surface area contributed by atoms with Crippen molar-refractivity contribution in [2.45, 2.75) is 38.2 Å². The Kier molecular flexibility index (Phi) is 4.05. The van der Waals surface area contributed by atoms with Gasteiger partial charge in [0, 0.05) is 12.5 Å². The van der Waals surface area contributed by atoms with Crippen LogP contribution in [0.25, 0.3) is 0 Å².